The maximum Gasteiger partial charge on any atom is 0.265 e. The summed E-state index contributed by atoms with van der Waals surface area (Å²) in [4.78, 5) is 14.9. The zero-order valence-corrected chi connectivity index (χ0v) is 11.6. The molecule has 1 aromatic rings. The van der Waals surface area contributed by atoms with Crippen molar-refractivity contribution in [1.82, 2.24) is 4.90 Å². The van der Waals surface area contributed by atoms with Gasteiger partial charge in [0.1, 0.15) is 4.88 Å². The summed E-state index contributed by atoms with van der Waals surface area (Å²) in [5.74, 6) is 0.593. The van der Waals surface area contributed by atoms with Crippen molar-refractivity contribution in [3.05, 3.63) is 20.8 Å². The Balaban J connectivity index is 2.13. The van der Waals surface area contributed by atoms with E-state index in [4.69, 9.17) is 5.73 Å². The average molecular weight is 303 g/mol. The van der Waals surface area contributed by atoms with Gasteiger partial charge in [-0.05, 0) is 39.7 Å². The second-order valence-corrected chi connectivity index (χ2v) is 6.18. The Labute approximate surface area is 108 Å². The molecule has 2 unspecified atom stereocenters. The number of piperidine rings is 1. The lowest BCUT2D eigenvalue weighted by atomic mass is 9.96. The van der Waals surface area contributed by atoms with E-state index in [-0.39, 0.29) is 11.9 Å². The predicted octanol–water partition coefficient (Wildman–Crippen LogP) is 2.32. The zero-order valence-electron chi connectivity index (χ0n) is 9.15. The fourth-order valence-corrected chi connectivity index (χ4v) is 3.66. The summed E-state index contributed by atoms with van der Waals surface area (Å²) in [6.07, 6.45) is 1.01. The molecule has 1 aliphatic rings. The van der Waals surface area contributed by atoms with E-state index in [2.05, 4.69) is 22.9 Å². The third-order valence-electron chi connectivity index (χ3n) is 2.79. The fraction of sp³-hybridized carbons (Fsp3) is 0.545. The number of nitrogens with zero attached hydrogens (tertiary/aromatic N) is 1. The van der Waals surface area contributed by atoms with Gasteiger partial charge in [0.25, 0.3) is 5.91 Å². The number of carbonyl (C=O) groups is 1. The van der Waals surface area contributed by atoms with Gasteiger partial charge in [-0.3, -0.25) is 4.79 Å². The molecule has 0 aromatic carbocycles. The minimum Gasteiger partial charge on any atom is -0.336 e. The number of thiophene rings is 1. The smallest absolute Gasteiger partial charge is 0.265 e. The quantitative estimate of drug-likeness (QED) is 0.865. The summed E-state index contributed by atoms with van der Waals surface area (Å²) in [6.45, 7) is 3.63. The number of halogens is 1. The van der Waals surface area contributed by atoms with Gasteiger partial charge >= 0.3 is 0 Å². The van der Waals surface area contributed by atoms with Crippen molar-refractivity contribution in [2.24, 2.45) is 11.7 Å². The molecule has 2 heterocycles. The van der Waals surface area contributed by atoms with Crippen molar-refractivity contribution in [1.29, 1.82) is 0 Å². The molecule has 1 aromatic heterocycles. The molecule has 1 aliphatic heterocycles. The lowest BCUT2D eigenvalue weighted by molar-refractivity contribution is 0.0665. The maximum absolute atomic E-state index is 12.2. The Morgan fingerprint density at radius 1 is 1.62 bits per heavy atom. The minimum absolute atomic E-state index is 0.101. The zero-order chi connectivity index (χ0) is 11.7. The summed E-state index contributed by atoms with van der Waals surface area (Å²) in [5.41, 5.74) is 5.94. The Hall–Kier alpha value is -0.390. The summed E-state index contributed by atoms with van der Waals surface area (Å²) in [7, 11) is 0. The SMILES string of the molecule is CC1CC(N)CN(C(=O)c2sccc2Br)C1. The molecular formula is C11H15BrN2OS. The van der Waals surface area contributed by atoms with Gasteiger partial charge in [0, 0.05) is 23.6 Å². The van der Waals surface area contributed by atoms with Crippen molar-refractivity contribution in [3.63, 3.8) is 0 Å². The van der Waals surface area contributed by atoms with E-state index in [9.17, 15) is 4.79 Å². The Kier molecular flexibility index (Phi) is 3.66. The normalized spacial score (nSPS) is 25.8. The van der Waals surface area contributed by atoms with Crippen molar-refractivity contribution in [2.75, 3.05) is 13.1 Å². The third kappa shape index (κ3) is 2.47. The van der Waals surface area contributed by atoms with Crippen LogP contribution in [0.4, 0.5) is 0 Å². The number of hydrogen-bond acceptors (Lipinski definition) is 3. The number of likely N-dealkylation sites (tertiary alicyclic amines) is 1. The Morgan fingerprint density at radius 2 is 2.38 bits per heavy atom. The molecular weight excluding hydrogens is 288 g/mol. The van der Waals surface area contributed by atoms with Crippen LogP contribution in [0.3, 0.4) is 0 Å². The van der Waals surface area contributed by atoms with Crippen LogP contribution in [-0.2, 0) is 0 Å². The van der Waals surface area contributed by atoms with Crippen LogP contribution in [0.2, 0.25) is 0 Å². The van der Waals surface area contributed by atoms with E-state index in [1.807, 2.05) is 16.3 Å². The van der Waals surface area contributed by atoms with Crippen LogP contribution in [0.15, 0.2) is 15.9 Å². The molecule has 88 valence electrons. The van der Waals surface area contributed by atoms with Gasteiger partial charge in [-0.25, -0.2) is 0 Å². The van der Waals surface area contributed by atoms with Crippen LogP contribution in [0.1, 0.15) is 23.0 Å². The standard InChI is InChI=1S/C11H15BrN2OS/c1-7-4-8(13)6-14(5-7)11(15)10-9(12)2-3-16-10/h2-3,7-8H,4-6,13H2,1H3. The largest absolute Gasteiger partial charge is 0.336 e. The molecule has 2 rings (SSSR count). The molecule has 2 atom stereocenters. The molecule has 5 heteroatoms. The van der Waals surface area contributed by atoms with Crippen molar-refractivity contribution in [2.45, 2.75) is 19.4 Å². The topological polar surface area (TPSA) is 46.3 Å². The number of rotatable bonds is 1. The second-order valence-electron chi connectivity index (χ2n) is 4.41. The lowest BCUT2D eigenvalue weighted by Gasteiger charge is -2.34. The minimum atomic E-state index is 0.101. The van der Waals surface area contributed by atoms with Gasteiger partial charge in [-0.2, -0.15) is 0 Å². The molecule has 16 heavy (non-hydrogen) atoms. The number of hydrogen-bond donors (Lipinski definition) is 1. The molecule has 0 saturated carbocycles. The van der Waals surface area contributed by atoms with Crippen molar-refractivity contribution in [3.8, 4) is 0 Å². The number of carbonyl (C=O) groups excluding carboxylic acids is 1. The van der Waals surface area contributed by atoms with E-state index in [0.717, 1.165) is 22.3 Å². The average Bonchev–Trinajstić information content (AvgIpc) is 2.62. The lowest BCUT2D eigenvalue weighted by Crippen LogP contribution is -2.48. The molecule has 1 amide bonds. The highest BCUT2D eigenvalue weighted by molar-refractivity contribution is 9.10. The van der Waals surface area contributed by atoms with Crippen LogP contribution in [-0.4, -0.2) is 29.9 Å². The van der Waals surface area contributed by atoms with E-state index in [1.54, 1.807) is 0 Å². The summed E-state index contributed by atoms with van der Waals surface area (Å²) in [6, 6.07) is 2.03. The van der Waals surface area contributed by atoms with Crippen molar-refractivity contribution < 1.29 is 4.79 Å². The third-order valence-corrected chi connectivity index (χ3v) is 4.62. The number of amides is 1. The van der Waals surface area contributed by atoms with Gasteiger partial charge in [-0.1, -0.05) is 6.92 Å². The first-order valence-corrected chi connectivity index (χ1v) is 7.03. The van der Waals surface area contributed by atoms with Crippen LogP contribution in [0.5, 0.6) is 0 Å². The highest BCUT2D eigenvalue weighted by atomic mass is 79.9. The van der Waals surface area contributed by atoms with Gasteiger partial charge in [0.2, 0.25) is 0 Å². The first-order valence-electron chi connectivity index (χ1n) is 5.35. The van der Waals surface area contributed by atoms with Gasteiger partial charge in [0.15, 0.2) is 0 Å². The highest BCUT2D eigenvalue weighted by Crippen LogP contribution is 2.26. The van der Waals surface area contributed by atoms with Crippen LogP contribution >= 0.6 is 27.3 Å². The first kappa shape index (κ1) is 12.1. The highest BCUT2D eigenvalue weighted by Gasteiger charge is 2.27. The van der Waals surface area contributed by atoms with Gasteiger partial charge in [0.05, 0.1) is 0 Å². The summed E-state index contributed by atoms with van der Waals surface area (Å²) >= 11 is 4.87. The molecule has 1 saturated heterocycles. The molecule has 0 spiro atoms. The van der Waals surface area contributed by atoms with Crippen LogP contribution in [0.25, 0.3) is 0 Å². The van der Waals surface area contributed by atoms with Crippen molar-refractivity contribution >= 4 is 33.2 Å². The molecule has 0 aliphatic carbocycles. The molecule has 0 bridgehead atoms. The Bertz CT molecular complexity index is 383. The first-order chi connectivity index (χ1) is 7.58. The molecule has 1 fully saturated rings. The summed E-state index contributed by atoms with van der Waals surface area (Å²) in [5, 5.41) is 1.92. The van der Waals surface area contributed by atoms with E-state index in [1.165, 1.54) is 11.3 Å². The fourth-order valence-electron chi connectivity index (χ4n) is 2.16. The molecule has 2 N–H and O–H groups in total. The van der Waals surface area contributed by atoms with Crippen LogP contribution in [0, 0.1) is 5.92 Å². The van der Waals surface area contributed by atoms with E-state index in [0.29, 0.717) is 12.5 Å². The van der Waals surface area contributed by atoms with Gasteiger partial charge in [-0.15, -0.1) is 11.3 Å². The number of nitrogens with two attached hydrogens (primary N) is 1. The monoisotopic (exact) mass is 302 g/mol. The van der Waals surface area contributed by atoms with E-state index < -0.39 is 0 Å². The molecule has 0 radical (unpaired) electrons. The maximum atomic E-state index is 12.2. The predicted molar refractivity (Wildman–Crippen MR) is 69.7 cm³/mol. The Morgan fingerprint density at radius 3 is 2.94 bits per heavy atom. The van der Waals surface area contributed by atoms with E-state index >= 15 is 0 Å². The van der Waals surface area contributed by atoms with Gasteiger partial charge < -0.3 is 10.6 Å². The second kappa shape index (κ2) is 4.85. The van der Waals surface area contributed by atoms with Crippen LogP contribution < -0.4 is 5.73 Å². The summed E-state index contributed by atoms with van der Waals surface area (Å²) < 4.78 is 0.884. The molecule has 3 nitrogen and oxygen atoms in total.